The number of methoxy groups -OCH3 is 1. The molecule has 0 bridgehead atoms. The van der Waals surface area contributed by atoms with E-state index >= 15 is 0 Å². The van der Waals surface area contributed by atoms with Gasteiger partial charge in [0.1, 0.15) is 0 Å². The molecule has 0 radical (unpaired) electrons. The van der Waals surface area contributed by atoms with Gasteiger partial charge in [0.05, 0.1) is 17.8 Å². The maximum Gasteiger partial charge on any atom is 0.411 e. The van der Waals surface area contributed by atoms with Gasteiger partial charge in [0.2, 0.25) is 0 Å². The van der Waals surface area contributed by atoms with E-state index in [4.69, 9.17) is 11.6 Å². The summed E-state index contributed by atoms with van der Waals surface area (Å²) in [5.41, 5.74) is 0.517. The highest BCUT2D eigenvalue weighted by Gasteiger charge is 2.04. The summed E-state index contributed by atoms with van der Waals surface area (Å²) < 4.78 is 5.26. The molecule has 0 saturated carbocycles. The Morgan fingerprint density at radius 2 is 2.31 bits per heavy atom. The zero-order valence-electron chi connectivity index (χ0n) is 6.80. The second kappa shape index (κ2) is 4.48. The smallest absolute Gasteiger partial charge is 0.411 e. The molecular weight excluding hydrogens is 257 g/mol. The Morgan fingerprint density at radius 1 is 1.62 bits per heavy atom. The molecule has 0 heterocycles. The molecule has 1 N–H and O–H groups in total. The van der Waals surface area contributed by atoms with E-state index in [1.165, 1.54) is 7.11 Å². The van der Waals surface area contributed by atoms with E-state index in [2.05, 4.69) is 26.0 Å². The Bertz CT molecular complexity index is 330. The quantitative estimate of drug-likeness (QED) is 0.845. The number of ether oxygens (including phenoxy) is 1. The summed E-state index contributed by atoms with van der Waals surface area (Å²) in [5, 5.41) is 2.94. The summed E-state index contributed by atoms with van der Waals surface area (Å²) in [6.07, 6.45) is -0.542. The van der Waals surface area contributed by atoms with Crippen LogP contribution in [0, 0.1) is 0 Å². The fourth-order valence-corrected chi connectivity index (χ4v) is 1.28. The van der Waals surface area contributed by atoms with Crippen molar-refractivity contribution in [1.82, 2.24) is 0 Å². The lowest BCUT2D eigenvalue weighted by Crippen LogP contribution is -2.11. The second-order valence-corrected chi connectivity index (χ2v) is 3.56. The van der Waals surface area contributed by atoms with Gasteiger partial charge in [0, 0.05) is 4.47 Å². The Labute approximate surface area is 89.2 Å². The van der Waals surface area contributed by atoms with Crippen molar-refractivity contribution in [3.8, 4) is 0 Å². The minimum Gasteiger partial charge on any atom is -0.453 e. The fourth-order valence-electron chi connectivity index (χ4n) is 0.754. The normalized spacial score (nSPS) is 9.46. The van der Waals surface area contributed by atoms with Gasteiger partial charge >= 0.3 is 6.09 Å². The van der Waals surface area contributed by atoms with Crippen LogP contribution < -0.4 is 5.32 Å². The summed E-state index contributed by atoms with van der Waals surface area (Å²) in [6, 6.07) is 5.15. The predicted molar refractivity (Wildman–Crippen MR) is 55.2 cm³/mol. The number of hydrogen-bond acceptors (Lipinski definition) is 2. The van der Waals surface area contributed by atoms with E-state index in [0.717, 1.165) is 4.47 Å². The molecule has 0 unspecified atom stereocenters. The predicted octanol–water partition coefficient (Wildman–Crippen LogP) is 3.28. The molecule has 13 heavy (non-hydrogen) atoms. The molecule has 3 nitrogen and oxygen atoms in total. The lowest BCUT2D eigenvalue weighted by molar-refractivity contribution is 0.187. The van der Waals surface area contributed by atoms with Gasteiger partial charge in [-0.1, -0.05) is 27.5 Å². The number of benzene rings is 1. The molecular formula is C8H7BrClNO2. The first kappa shape index (κ1) is 10.3. The molecule has 1 aromatic carbocycles. The average molecular weight is 265 g/mol. The van der Waals surface area contributed by atoms with E-state index in [1.54, 1.807) is 18.2 Å². The minimum atomic E-state index is -0.542. The third-order valence-corrected chi connectivity index (χ3v) is 2.17. The number of halogens is 2. The van der Waals surface area contributed by atoms with Gasteiger partial charge < -0.3 is 4.74 Å². The van der Waals surface area contributed by atoms with Gasteiger partial charge in [-0.05, 0) is 18.2 Å². The van der Waals surface area contributed by atoms with Gasteiger partial charge in [-0.2, -0.15) is 0 Å². The van der Waals surface area contributed by atoms with Crippen molar-refractivity contribution in [3.63, 3.8) is 0 Å². The molecule has 0 aliphatic carbocycles. The lowest BCUT2D eigenvalue weighted by Gasteiger charge is -2.05. The fraction of sp³-hybridized carbons (Fsp3) is 0.125. The van der Waals surface area contributed by atoms with Crippen LogP contribution in [0.5, 0.6) is 0 Å². The van der Waals surface area contributed by atoms with Crippen LogP contribution in [0.1, 0.15) is 0 Å². The number of carbonyl (C=O) groups is 1. The first-order valence-corrected chi connectivity index (χ1v) is 4.60. The topological polar surface area (TPSA) is 38.3 Å². The molecule has 0 aliphatic heterocycles. The number of nitrogens with one attached hydrogen (secondary N) is 1. The van der Waals surface area contributed by atoms with Crippen LogP contribution in [0.25, 0.3) is 0 Å². The highest BCUT2D eigenvalue weighted by Crippen LogP contribution is 2.25. The summed E-state index contributed by atoms with van der Waals surface area (Å²) in [7, 11) is 1.29. The molecule has 70 valence electrons. The molecule has 0 fully saturated rings. The first-order valence-electron chi connectivity index (χ1n) is 3.43. The molecule has 1 amide bonds. The van der Waals surface area contributed by atoms with Crippen molar-refractivity contribution < 1.29 is 9.53 Å². The highest BCUT2D eigenvalue weighted by atomic mass is 79.9. The highest BCUT2D eigenvalue weighted by molar-refractivity contribution is 9.10. The third kappa shape index (κ3) is 2.90. The van der Waals surface area contributed by atoms with E-state index in [-0.39, 0.29) is 0 Å². The van der Waals surface area contributed by atoms with Crippen LogP contribution in [-0.4, -0.2) is 13.2 Å². The molecule has 0 atom stereocenters. The van der Waals surface area contributed by atoms with Gasteiger partial charge in [-0.3, -0.25) is 5.32 Å². The van der Waals surface area contributed by atoms with Crippen molar-refractivity contribution in [3.05, 3.63) is 27.7 Å². The SMILES string of the molecule is COC(=O)Nc1cc(Br)ccc1Cl. The summed E-state index contributed by atoms with van der Waals surface area (Å²) in [5.74, 6) is 0. The van der Waals surface area contributed by atoms with E-state index < -0.39 is 6.09 Å². The maximum absolute atomic E-state index is 10.8. The Balaban J connectivity index is 2.87. The van der Waals surface area contributed by atoms with Crippen molar-refractivity contribution in [2.45, 2.75) is 0 Å². The standard InChI is InChI=1S/C8H7BrClNO2/c1-13-8(12)11-7-4-5(9)2-3-6(7)10/h2-4H,1H3,(H,11,12). The van der Waals surface area contributed by atoms with Crippen molar-refractivity contribution in [2.75, 3.05) is 12.4 Å². The molecule has 1 rings (SSSR count). The Hall–Kier alpha value is -0.740. The van der Waals surface area contributed by atoms with Crippen molar-refractivity contribution >= 4 is 39.3 Å². The van der Waals surface area contributed by atoms with Gasteiger partial charge in [0.25, 0.3) is 0 Å². The number of rotatable bonds is 1. The van der Waals surface area contributed by atoms with Crippen molar-refractivity contribution in [2.24, 2.45) is 0 Å². The number of amides is 1. The van der Waals surface area contributed by atoms with Crippen LogP contribution in [-0.2, 0) is 4.74 Å². The molecule has 0 saturated heterocycles. The van der Waals surface area contributed by atoms with E-state index in [9.17, 15) is 4.79 Å². The average Bonchev–Trinajstić information content (AvgIpc) is 2.11. The van der Waals surface area contributed by atoms with Crippen LogP contribution in [0.3, 0.4) is 0 Å². The Morgan fingerprint density at radius 3 is 2.92 bits per heavy atom. The Kier molecular flexibility index (Phi) is 3.57. The van der Waals surface area contributed by atoms with Crippen LogP contribution >= 0.6 is 27.5 Å². The molecule has 5 heteroatoms. The maximum atomic E-state index is 10.8. The van der Waals surface area contributed by atoms with Gasteiger partial charge in [-0.15, -0.1) is 0 Å². The van der Waals surface area contributed by atoms with Crippen LogP contribution in [0.4, 0.5) is 10.5 Å². The van der Waals surface area contributed by atoms with Gasteiger partial charge in [0.15, 0.2) is 0 Å². The molecule has 0 aromatic heterocycles. The van der Waals surface area contributed by atoms with Crippen LogP contribution in [0.15, 0.2) is 22.7 Å². The monoisotopic (exact) mass is 263 g/mol. The number of hydrogen-bond donors (Lipinski definition) is 1. The van der Waals surface area contributed by atoms with Crippen molar-refractivity contribution in [1.29, 1.82) is 0 Å². The van der Waals surface area contributed by atoms with E-state index in [1.807, 2.05) is 0 Å². The molecule has 0 spiro atoms. The molecule has 1 aromatic rings. The zero-order valence-corrected chi connectivity index (χ0v) is 9.15. The van der Waals surface area contributed by atoms with Crippen LogP contribution in [0.2, 0.25) is 5.02 Å². The van der Waals surface area contributed by atoms with E-state index in [0.29, 0.717) is 10.7 Å². The second-order valence-electron chi connectivity index (χ2n) is 2.24. The molecule has 0 aliphatic rings. The summed E-state index contributed by atoms with van der Waals surface area (Å²) in [4.78, 5) is 10.8. The number of carbonyl (C=O) groups excluding carboxylic acids is 1. The summed E-state index contributed by atoms with van der Waals surface area (Å²) >= 11 is 9.06. The minimum absolute atomic E-state index is 0.466. The van der Waals surface area contributed by atoms with Gasteiger partial charge in [-0.25, -0.2) is 4.79 Å². The first-order chi connectivity index (χ1) is 6.13. The third-order valence-electron chi connectivity index (χ3n) is 1.35. The number of anilines is 1. The largest absolute Gasteiger partial charge is 0.453 e. The lowest BCUT2D eigenvalue weighted by atomic mass is 10.3. The zero-order chi connectivity index (χ0) is 9.84. The summed E-state index contributed by atoms with van der Waals surface area (Å²) in [6.45, 7) is 0.